The number of carbonyl (C=O) groups is 14. The number of anilines is 1. The number of aliphatic hydroxyl groups excluding tert-OH is 6. The molecule has 120 heavy (non-hydrogen) atoms. The van der Waals surface area contributed by atoms with E-state index >= 15 is 4.79 Å². The van der Waals surface area contributed by atoms with Crippen molar-refractivity contribution in [3.05, 3.63) is 65.7 Å². The largest absolute Gasteiger partial charge is 0.481 e. The van der Waals surface area contributed by atoms with Crippen molar-refractivity contribution < 1.29 is 148 Å². The van der Waals surface area contributed by atoms with Crippen molar-refractivity contribution in [1.82, 2.24) is 51.9 Å². The molecule has 3 aliphatic heterocycles. The lowest BCUT2D eigenvalue weighted by molar-refractivity contribution is -0.294. The van der Waals surface area contributed by atoms with Crippen LogP contribution in [-0.4, -0.2) is 327 Å². The van der Waals surface area contributed by atoms with E-state index in [9.17, 15) is 103 Å². The highest BCUT2D eigenvalue weighted by molar-refractivity contribution is 5.99. The highest BCUT2D eigenvalue weighted by Crippen LogP contribution is 2.32. The summed E-state index contributed by atoms with van der Waals surface area (Å²) < 4.78 is 46.8. The van der Waals surface area contributed by atoms with Crippen LogP contribution in [0.1, 0.15) is 126 Å². The number of likely N-dealkylation sites (N-methyl/N-ethyl adjacent to an activating group) is 2. The number of carboxylic acids is 3. The number of aliphatic carboxylic acids is 3. The first kappa shape index (κ1) is 99.2. The molecule has 0 aromatic heterocycles. The lowest BCUT2D eigenvalue weighted by atomic mass is 9.89. The average Bonchev–Trinajstić information content (AvgIpc) is 1.72. The predicted octanol–water partition coefficient (Wildman–Crippen LogP) is -2.56. The Bertz CT molecular complexity index is 3800. The molecule has 0 spiro atoms. The van der Waals surface area contributed by atoms with Crippen LogP contribution in [0.25, 0.3) is 0 Å². The maximum absolute atomic E-state index is 15.0. The number of amides is 11. The molecule has 11 amide bonds. The molecule has 1 unspecified atom stereocenters. The zero-order valence-electron chi connectivity index (χ0n) is 70.7. The van der Waals surface area contributed by atoms with Gasteiger partial charge in [0.15, 0.2) is 24.8 Å². The van der Waals surface area contributed by atoms with Gasteiger partial charge in [-0.1, -0.05) is 111 Å². The van der Waals surface area contributed by atoms with Gasteiger partial charge in [0.25, 0.3) is 0 Å². The molecule has 2 aromatic rings. The zero-order chi connectivity index (χ0) is 90.6. The molecule has 41 nitrogen and oxygen atoms in total. The first-order valence-corrected chi connectivity index (χ1v) is 39.7. The van der Waals surface area contributed by atoms with Crippen molar-refractivity contribution in [1.29, 1.82) is 0 Å². The number of nitrogens with zero attached hydrogens (tertiary/aromatic N) is 3. The van der Waals surface area contributed by atoms with Crippen LogP contribution in [0.4, 0.5) is 10.5 Å². The fourth-order valence-electron chi connectivity index (χ4n) is 14.0. The van der Waals surface area contributed by atoms with Crippen molar-refractivity contribution in [3.63, 3.8) is 0 Å². The maximum atomic E-state index is 15.0. The summed E-state index contributed by atoms with van der Waals surface area (Å²) in [7, 11) is 5.74. The lowest BCUT2D eigenvalue weighted by Gasteiger charge is -2.41. The van der Waals surface area contributed by atoms with Crippen molar-refractivity contribution in [2.45, 2.75) is 243 Å². The van der Waals surface area contributed by atoms with E-state index in [2.05, 4.69) is 42.5 Å². The van der Waals surface area contributed by atoms with E-state index in [1.165, 1.54) is 50.4 Å². The second-order valence-electron chi connectivity index (χ2n) is 30.9. The molecule has 0 saturated carbocycles. The number of hydrogen-bond donors (Lipinski definition) is 17. The standard InChI is InChI=1S/C79H121N11O30/c1-14-42(8)59(50(114-12)35-54(94)90-32-18-22-49(90)66(115-13)43(9)69(103)84-47(34-44-20-16-15-17-21-44)70(104)81-30-19-33-116-77-64(101)60(97)62(99)67(119-77)75(109)110)88(10)74(108)57(40(4)5)87-73(107)58(41(6)7)89(11)79(113)118-37-45-23-25-46(26-24-45)83-71(105)48(38-117-78-65(102)61(98)63(100)68(120-78)76(111)112)85-72(106)56(39(2)3)86-52(92)29-31-80-53(93)36-82-51(91)27-28-55(95)96/h15-17,20-21,23-26,39-43,47-50,56-68,77-78,97-102H,14,18-19,22,27-38H2,1-13H3,(H,80,93)(H,81,104)(H,82,91)(H,83,105)(H,84,103)(H,85,106)(H,86,92)(H,87,107)(H,95,96)(H,109,110)(H,111,112)/t42-,43+,47-,48-,49-,50+,56-,57-,58-,59-,60-,61-,62-,63-,64+,65+,66+,67-,68-,77+,78+/m0/s1/i27T/t27?,42-,43+,47-,48-,49-,50+,56-,57-,58-,59-,60-,61-,62-,63-,64+,65+,66+,67-,68-,77+,78+. The second kappa shape index (κ2) is 48.7. The Kier molecular flexibility index (Phi) is 40.2. The molecule has 41 heteroatoms. The van der Waals surface area contributed by atoms with Crippen LogP contribution in [0, 0.1) is 29.6 Å². The molecule has 2 aromatic carbocycles. The van der Waals surface area contributed by atoms with Crippen molar-refractivity contribution >= 4 is 88.8 Å². The number of hydrogen-bond acceptors (Lipinski definition) is 27. The van der Waals surface area contributed by atoms with E-state index < -0.39 is 249 Å². The van der Waals surface area contributed by atoms with Crippen LogP contribution >= 0.6 is 0 Å². The van der Waals surface area contributed by atoms with Crippen LogP contribution in [0.3, 0.4) is 0 Å². The molecule has 3 saturated heterocycles. The highest BCUT2D eigenvalue weighted by Gasteiger charge is 2.50. The van der Waals surface area contributed by atoms with Crippen LogP contribution in [0.5, 0.6) is 0 Å². The first-order valence-electron chi connectivity index (χ1n) is 40.3. The van der Waals surface area contributed by atoms with E-state index in [1.54, 1.807) is 90.7 Å². The minimum atomic E-state index is -2.11. The van der Waals surface area contributed by atoms with Gasteiger partial charge in [0, 0.05) is 74.2 Å². The third kappa shape index (κ3) is 29.3. The molecule has 672 valence electrons. The van der Waals surface area contributed by atoms with Crippen LogP contribution in [0.15, 0.2) is 54.6 Å². The van der Waals surface area contributed by atoms with Gasteiger partial charge in [-0.05, 0) is 66.2 Å². The molecule has 0 radical (unpaired) electrons. The molecule has 22 atom stereocenters. The Morgan fingerprint density at radius 2 is 1.18 bits per heavy atom. The number of likely N-dealkylation sites (tertiary alicyclic amines) is 1. The Hall–Kier alpha value is -9.66. The summed E-state index contributed by atoms with van der Waals surface area (Å²) in [6.45, 7) is 13.2. The minimum absolute atomic E-state index is 0.0126. The molecular formula is C79H121N11O30. The number of ether oxygens (including phenoxy) is 7. The Balaban J connectivity index is 1.22. The smallest absolute Gasteiger partial charge is 0.410 e. The van der Waals surface area contributed by atoms with E-state index in [4.69, 9.17) is 39.6 Å². The van der Waals surface area contributed by atoms with Crippen molar-refractivity contribution in [2.75, 3.05) is 73.0 Å². The van der Waals surface area contributed by atoms with Crippen LogP contribution < -0.4 is 42.5 Å². The Morgan fingerprint density at radius 1 is 0.592 bits per heavy atom. The third-order valence-corrected chi connectivity index (χ3v) is 21.0. The fourth-order valence-corrected chi connectivity index (χ4v) is 14.0. The van der Waals surface area contributed by atoms with E-state index in [-0.39, 0.29) is 63.1 Å². The normalized spacial score (nSPS) is 23.3. The van der Waals surface area contributed by atoms with Gasteiger partial charge in [-0.15, -0.1) is 0 Å². The van der Waals surface area contributed by atoms with Gasteiger partial charge in [0.1, 0.15) is 73.4 Å². The number of benzene rings is 2. The summed E-state index contributed by atoms with van der Waals surface area (Å²) in [5.74, 6) is -15.0. The van der Waals surface area contributed by atoms with Crippen LogP contribution in [0.2, 0.25) is 0 Å². The van der Waals surface area contributed by atoms with E-state index in [0.29, 0.717) is 31.4 Å². The van der Waals surface area contributed by atoms with Gasteiger partial charge in [0.05, 0.1) is 62.8 Å². The number of rotatable bonds is 47. The SMILES string of the molecule is [3H]C(CC(=O)O)C(=O)NCC(=O)NCCC(=O)N[C@H](C(=O)N[C@@H](CO[C@@H]1O[C@H](C(=O)O)[C@@H](O)[C@H](O)[C@H]1O)C(=O)Nc1ccc(COC(=O)N(C)[C@H](C(=O)N[C@H](C(=O)N(C)[C@@H]([C@@H](C)CC)[C@@H](CC(=O)N2CCC[C@H]2[C@H](OC)[C@@H](C)C(=O)N[C@@H](Cc2ccccc2)C(=O)NCCCO[C@@H]2O[C@H](C(=O)O)[C@@H](O)[C@H](O)[C@H]2O)OC)C(C)C)C(C)C)cc1)C(C)C. The summed E-state index contributed by atoms with van der Waals surface area (Å²) in [6.07, 6.45) is -23.6. The summed E-state index contributed by atoms with van der Waals surface area (Å²) in [6, 6.07) is 6.55. The van der Waals surface area contributed by atoms with Gasteiger partial charge in [-0.25, -0.2) is 14.4 Å². The number of aliphatic hydroxyl groups is 6. The number of methoxy groups -OCH3 is 2. The molecule has 0 bridgehead atoms. The molecule has 3 heterocycles. The maximum Gasteiger partial charge on any atom is 0.410 e. The van der Waals surface area contributed by atoms with Gasteiger partial charge >= 0.3 is 24.0 Å². The van der Waals surface area contributed by atoms with Gasteiger partial charge in [-0.3, -0.25) is 57.6 Å². The second-order valence-corrected chi connectivity index (χ2v) is 30.9. The fraction of sp³-hybridized carbons (Fsp3) is 0.671. The summed E-state index contributed by atoms with van der Waals surface area (Å²) in [5, 5.41) is 110. The number of nitrogens with one attached hydrogen (secondary N) is 8. The average molecular weight is 1710 g/mol. The summed E-state index contributed by atoms with van der Waals surface area (Å²) in [5.41, 5.74) is 1.16. The van der Waals surface area contributed by atoms with Gasteiger partial charge < -0.3 is 131 Å². The van der Waals surface area contributed by atoms with E-state index in [1.807, 2.05) is 13.8 Å². The van der Waals surface area contributed by atoms with E-state index in [0.717, 1.165) is 10.5 Å². The Labute approximate surface area is 696 Å². The molecule has 0 aliphatic carbocycles. The lowest BCUT2D eigenvalue weighted by Crippen LogP contribution is -2.61. The predicted molar refractivity (Wildman–Crippen MR) is 421 cm³/mol. The molecular weight excluding hydrogens is 1580 g/mol. The number of carbonyl (C=O) groups excluding carboxylic acids is 11. The highest BCUT2D eigenvalue weighted by atomic mass is 16.7. The zero-order valence-corrected chi connectivity index (χ0v) is 69.7. The van der Waals surface area contributed by atoms with Crippen molar-refractivity contribution in [2.24, 2.45) is 29.6 Å². The number of carboxylic acid groups (broad SMARTS) is 3. The molecule has 3 fully saturated rings. The molecule has 5 rings (SSSR count). The van der Waals surface area contributed by atoms with Crippen LogP contribution in [-0.2, 0) is 109 Å². The minimum Gasteiger partial charge on any atom is -0.481 e. The van der Waals surface area contributed by atoms with Gasteiger partial charge in [0.2, 0.25) is 59.1 Å². The first-order chi connectivity index (χ1) is 57.0. The summed E-state index contributed by atoms with van der Waals surface area (Å²) in [4.78, 5) is 191. The summed E-state index contributed by atoms with van der Waals surface area (Å²) >= 11 is 0. The Morgan fingerprint density at radius 3 is 1.73 bits per heavy atom. The van der Waals surface area contributed by atoms with Gasteiger partial charge in [-0.2, -0.15) is 0 Å². The third-order valence-electron chi connectivity index (χ3n) is 21.0. The molecule has 17 N–H and O–H groups in total. The monoisotopic (exact) mass is 1710 g/mol. The van der Waals surface area contributed by atoms with Crippen molar-refractivity contribution in [3.8, 4) is 0 Å². The quantitative estimate of drug-likeness (QED) is 0.0303. The topological polar surface area (TPSA) is 592 Å². The molecule has 3 aliphatic rings.